The molecule has 106 heavy (non-hydrogen) atoms. The smallest absolute Gasteiger partial charge is 0.338 e. The number of hydrogen-bond acceptors (Lipinski definition) is 24. The fourth-order valence-corrected chi connectivity index (χ4v) is 9.43. The number of ether oxygens (including phenoxy) is 12. The van der Waals surface area contributed by atoms with Crippen LogP contribution in [0.1, 0.15) is 213 Å². The largest absolute Gasteiger partial charge is 0.508 e. The normalized spacial score (nSPS) is 19.0. The quantitative estimate of drug-likeness (QED) is 0.00808. The van der Waals surface area contributed by atoms with Gasteiger partial charge in [-0.1, -0.05) is 105 Å². The summed E-state index contributed by atoms with van der Waals surface area (Å²) in [5, 5.41) is 76.7. The number of aromatic hydroxyl groups is 2. The number of phenols is 2. The van der Waals surface area contributed by atoms with Crippen molar-refractivity contribution in [3.05, 3.63) is 119 Å². The molecule has 7 rings (SSSR count). The van der Waals surface area contributed by atoms with E-state index in [9.17, 15) is 49.5 Å². The molecule has 2 aliphatic rings. The number of carboxylic acid groups (broad SMARTS) is 1. The van der Waals surface area contributed by atoms with E-state index in [0.29, 0.717) is 116 Å². The molecular formula is C80H117BrO25. The van der Waals surface area contributed by atoms with Crippen LogP contribution in [0, 0.1) is 17.8 Å². The second kappa shape index (κ2) is 52.9. The van der Waals surface area contributed by atoms with E-state index in [1.54, 1.807) is 49.4 Å². The molecule has 8 N–H and O–H groups in total. The highest BCUT2D eigenvalue weighted by atomic mass is 79.9. The molecule has 0 aromatic heterocycles. The van der Waals surface area contributed by atoms with Gasteiger partial charge in [0.25, 0.3) is 0 Å². The number of benzene rings is 5. The van der Waals surface area contributed by atoms with Gasteiger partial charge in [-0.05, 0) is 144 Å². The summed E-state index contributed by atoms with van der Waals surface area (Å²) >= 11 is 3.25. The molecule has 26 heteroatoms. The SMILES string of the molecule is CC(=O)c1cc(O)cc(O)c1.CCCBr.CCCCOc1cc(OCCC)cc(C(=O)OCC2O[C@H](O)C(C)[C@@H](C)[C@@H]2C)c1.CCCOc1cc(OCCC)cc(C(=O)O)c1.CCCOc1cc(OCCC)cc(C(=O)OCC2O[C@H](O)C(O)[C@@H](O)[C@@H]2O)c1.CCCOc1cc(OCCC)cc(C(C)=O)c1. The Morgan fingerprint density at radius 3 is 0.972 bits per heavy atom. The lowest BCUT2D eigenvalue weighted by atomic mass is 9.79. The number of aliphatic hydroxyl groups excluding tert-OH is 5. The Morgan fingerprint density at radius 2 is 0.660 bits per heavy atom. The maximum atomic E-state index is 12.7. The van der Waals surface area contributed by atoms with Crippen molar-refractivity contribution in [2.75, 3.05) is 71.4 Å². The van der Waals surface area contributed by atoms with Crippen molar-refractivity contribution in [2.24, 2.45) is 17.8 Å². The molecule has 2 heterocycles. The fraction of sp³-hybridized carbons (Fsp3) is 0.562. The van der Waals surface area contributed by atoms with Crippen molar-refractivity contribution < 1.29 is 122 Å². The van der Waals surface area contributed by atoms with Crippen LogP contribution in [0.2, 0.25) is 0 Å². The van der Waals surface area contributed by atoms with Crippen LogP contribution in [0.25, 0.3) is 0 Å². The van der Waals surface area contributed by atoms with Crippen LogP contribution < -0.4 is 37.9 Å². The highest BCUT2D eigenvalue weighted by molar-refractivity contribution is 9.09. The van der Waals surface area contributed by atoms with Gasteiger partial charge in [0.2, 0.25) is 0 Å². The van der Waals surface area contributed by atoms with Crippen molar-refractivity contribution in [2.45, 2.75) is 204 Å². The van der Waals surface area contributed by atoms with Crippen LogP contribution in [0.15, 0.2) is 91.0 Å². The average molecular weight is 1560 g/mol. The fourth-order valence-electron chi connectivity index (χ4n) is 9.43. The van der Waals surface area contributed by atoms with E-state index in [0.717, 1.165) is 63.1 Å². The summed E-state index contributed by atoms with van der Waals surface area (Å²) in [5.41, 5.74) is 1.69. The standard InChI is InChI=1S/C23H36O6.C19H28O9.C14H20O3.C13H18O4.C8H8O3.C3H7Br/c1-6-8-10-27-20-12-18(11-19(13-20)26-9-7-2)23(25)28-14-21-16(4)15(3)17(5)22(24)29-21;1-3-5-25-12-7-11(8-13(9-12)26-6-4-2)18(23)27-10-14-15(20)16(21)17(22)19(24)28-14;1-4-6-16-13-8-12(11(3)15)9-14(10-13)17-7-5-2;1-3-5-16-11-7-10(13(14)15)8-12(9-11)17-6-4-2;1-5(9)6-2-7(10)4-8(11)3-6;1-2-3-4/h11-13,15-17,21-22,24H,6-10,14H2,1-5H3;7-9,14-17,19-22,24H,3-6,10H2,1-2H3;8-10H,4-7H2,1-3H3;7-9H,3-6H2,1-2H3,(H,14,15);2-4,10-11H,1H3;2-3H2,1H3/t15-,16-,17?,21?,22-;14?,15-,16+,17?,19+;;;;/m01..../s1. The summed E-state index contributed by atoms with van der Waals surface area (Å²) in [6.07, 6.45) is 0.476. The number of aromatic carboxylic acids is 1. The summed E-state index contributed by atoms with van der Waals surface area (Å²) in [5.74, 6) is 2.57. The number of ketones is 2. The van der Waals surface area contributed by atoms with Gasteiger partial charge in [0.15, 0.2) is 24.1 Å². The van der Waals surface area contributed by atoms with Gasteiger partial charge in [0, 0.05) is 52.7 Å². The van der Waals surface area contributed by atoms with Crippen molar-refractivity contribution in [3.8, 4) is 57.5 Å². The van der Waals surface area contributed by atoms with Crippen LogP contribution in [0.3, 0.4) is 0 Å². The maximum Gasteiger partial charge on any atom is 0.338 e. The van der Waals surface area contributed by atoms with E-state index < -0.39 is 61.5 Å². The zero-order valence-electron chi connectivity index (χ0n) is 64.2. The number of halogens is 1. The molecular weight excluding hydrogens is 1440 g/mol. The van der Waals surface area contributed by atoms with Gasteiger partial charge < -0.3 is 97.7 Å². The molecule has 2 fully saturated rings. The van der Waals surface area contributed by atoms with Crippen LogP contribution in [0.4, 0.5) is 0 Å². The summed E-state index contributed by atoms with van der Waals surface area (Å²) in [6, 6.07) is 23.8. The van der Waals surface area contributed by atoms with Crippen LogP contribution >= 0.6 is 15.9 Å². The summed E-state index contributed by atoms with van der Waals surface area (Å²) in [6.45, 7) is 31.5. The van der Waals surface area contributed by atoms with Crippen molar-refractivity contribution in [1.29, 1.82) is 0 Å². The molecule has 10 atom stereocenters. The zero-order valence-corrected chi connectivity index (χ0v) is 65.8. The number of esters is 2. The number of carbonyl (C=O) groups is 5. The van der Waals surface area contributed by atoms with Crippen LogP contribution in [-0.2, 0) is 18.9 Å². The molecule has 2 aliphatic heterocycles. The number of phenolic OH excluding ortho intramolecular Hbond substituents is 2. The minimum Gasteiger partial charge on any atom is -0.508 e. The number of hydrogen-bond donors (Lipinski definition) is 8. The van der Waals surface area contributed by atoms with Crippen LogP contribution in [-0.4, -0.2) is 185 Å². The highest BCUT2D eigenvalue weighted by Crippen LogP contribution is 2.35. The Morgan fingerprint density at radius 1 is 0.358 bits per heavy atom. The van der Waals surface area contributed by atoms with Crippen LogP contribution in [0.5, 0.6) is 57.5 Å². The summed E-state index contributed by atoms with van der Waals surface area (Å²) < 4.78 is 65.8. The van der Waals surface area contributed by atoms with Gasteiger partial charge in [-0.3, -0.25) is 9.59 Å². The monoisotopic (exact) mass is 1560 g/mol. The Hall–Kier alpha value is -7.95. The predicted molar refractivity (Wildman–Crippen MR) is 405 cm³/mol. The van der Waals surface area contributed by atoms with Gasteiger partial charge in [-0.25, -0.2) is 14.4 Å². The molecule has 0 saturated carbocycles. The second-order valence-electron chi connectivity index (χ2n) is 25.1. The lowest BCUT2D eigenvalue weighted by Crippen LogP contribution is -2.58. The average Bonchev–Trinajstić information content (AvgIpc) is 0.830. The number of unbranched alkanes of at least 4 members (excludes halogenated alkanes) is 1. The molecule has 5 aromatic rings. The van der Waals surface area contributed by atoms with Crippen molar-refractivity contribution in [1.82, 2.24) is 0 Å². The first-order chi connectivity index (χ1) is 50.6. The third-order valence-electron chi connectivity index (χ3n) is 15.7. The summed E-state index contributed by atoms with van der Waals surface area (Å²) in [4.78, 5) is 58.2. The van der Waals surface area contributed by atoms with E-state index in [1.165, 1.54) is 55.8 Å². The molecule has 25 nitrogen and oxygen atoms in total. The second-order valence-corrected chi connectivity index (χ2v) is 25.9. The van der Waals surface area contributed by atoms with Gasteiger partial charge in [0.05, 0.1) is 75.6 Å². The molecule has 0 amide bonds. The first kappa shape index (κ1) is 94.1. The molecule has 4 unspecified atom stereocenters. The molecule has 594 valence electrons. The highest BCUT2D eigenvalue weighted by Gasteiger charge is 2.44. The molecule has 2 saturated heterocycles. The van der Waals surface area contributed by atoms with Crippen molar-refractivity contribution in [3.63, 3.8) is 0 Å². The van der Waals surface area contributed by atoms with E-state index >= 15 is 0 Å². The predicted octanol–water partition coefficient (Wildman–Crippen LogP) is 14.2. The number of rotatable bonds is 35. The maximum absolute atomic E-state index is 12.7. The van der Waals surface area contributed by atoms with Gasteiger partial charge in [-0.15, -0.1) is 0 Å². The van der Waals surface area contributed by atoms with Gasteiger partial charge in [0.1, 0.15) is 95.1 Å². The van der Waals surface area contributed by atoms with E-state index in [-0.39, 0.29) is 64.7 Å². The lowest BCUT2D eigenvalue weighted by Gasteiger charge is -2.41. The number of alkyl halides is 1. The molecule has 0 spiro atoms. The van der Waals surface area contributed by atoms with E-state index in [4.69, 9.17) is 72.2 Å². The minimum atomic E-state index is -1.69. The third kappa shape index (κ3) is 35.6. The number of aliphatic hydroxyl groups is 5. The molecule has 0 aliphatic carbocycles. The number of carbonyl (C=O) groups excluding carboxylic acids is 4. The first-order valence-corrected chi connectivity index (χ1v) is 37.7. The summed E-state index contributed by atoms with van der Waals surface area (Å²) in [7, 11) is 0. The Balaban J connectivity index is 0.000000460. The van der Waals surface area contributed by atoms with Crippen molar-refractivity contribution >= 4 is 45.4 Å². The third-order valence-corrected chi connectivity index (χ3v) is 16.5. The molecule has 0 radical (unpaired) electrons. The van der Waals surface area contributed by atoms with E-state index in [2.05, 4.69) is 43.6 Å². The Bertz CT molecular complexity index is 3170. The van der Waals surface area contributed by atoms with Gasteiger partial charge in [-0.2, -0.15) is 0 Å². The topological polar surface area (TPSA) is 358 Å². The Labute approximate surface area is 633 Å². The zero-order chi connectivity index (χ0) is 79.3. The number of Topliss-reactive ketones (excluding diaryl/α,β-unsaturated/α-hetero) is 2. The van der Waals surface area contributed by atoms with Gasteiger partial charge >= 0.3 is 17.9 Å². The Kier molecular flexibility index (Phi) is 47.0. The molecule has 0 bridgehead atoms. The van der Waals surface area contributed by atoms with E-state index in [1.807, 2.05) is 61.5 Å². The number of carboxylic acids is 1. The molecule has 5 aromatic carbocycles. The lowest BCUT2D eigenvalue weighted by molar-refractivity contribution is -0.286. The first-order valence-electron chi connectivity index (χ1n) is 36.6. The minimum absolute atomic E-state index is 0.0216.